The number of rotatable bonds is 10. The van der Waals surface area contributed by atoms with Crippen LogP contribution in [0.1, 0.15) is 32.8 Å². The number of carbonyl (C=O) groups excluding carboxylic acids is 2. The van der Waals surface area contributed by atoms with Crippen molar-refractivity contribution in [1.29, 1.82) is 0 Å². The molecule has 2 aromatic rings. The monoisotopic (exact) mass is 416 g/mol. The van der Waals surface area contributed by atoms with Crippen LogP contribution >= 0.6 is 0 Å². The molecule has 0 spiro atoms. The van der Waals surface area contributed by atoms with Crippen molar-refractivity contribution in [2.45, 2.75) is 45.8 Å². The van der Waals surface area contributed by atoms with Crippen LogP contribution in [-0.2, 0) is 16.1 Å². The van der Waals surface area contributed by atoms with Gasteiger partial charge in [0.1, 0.15) is 11.8 Å². The largest absolute Gasteiger partial charge is 0.497 e. The first-order valence-electron chi connectivity index (χ1n) is 9.95. The van der Waals surface area contributed by atoms with Gasteiger partial charge in [-0.3, -0.25) is 9.59 Å². The molecule has 2 amide bonds. The van der Waals surface area contributed by atoms with Gasteiger partial charge in [0.25, 0.3) is 5.91 Å². The lowest BCUT2D eigenvalue weighted by Gasteiger charge is -2.31. The number of hydrogen-bond donors (Lipinski definition) is 1. The Hall–Kier alpha value is -3.09. The summed E-state index contributed by atoms with van der Waals surface area (Å²) in [6.45, 7) is 5.41. The standard InChI is InChI=1S/C23H29FN2O4/c1-5-20(23(28)25-16(2)3)26(14-17-10-12-18(29-4)13-11-17)22(27)15-30-21-9-7-6-8-19(21)24/h6-13,16,20H,5,14-15H2,1-4H3,(H,25,28)/t20-/m0/s1. The summed E-state index contributed by atoms with van der Waals surface area (Å²) in [5.41, 5.74) is 0.839. The highest BCUT2D eigenvalue weighted by Crippen LogP contribution is 2.18. The molecule has 0 saturated heterocycles. The van der Waals surface area contributed by atoms with E-state index in [4.69, 9.17) is 9.47 Å². The fourth-order valence-corrected chi connectivity index (χ4v) is 3.01. The molecule has 0 heterocycles. The molecule has 162 valence electrons. The van der Waals surface area contributed by atoms with Gasteiger partial charge in [0, 0.05) is 12.6 Å². The summed E-state index contributed by atoms with van der Waals surface area (Å²) in [7, 11) is 1.58. The van der Waals surface area contributed by atoms with E-state index in [1.165, 1.54) is 17.0 Å². The van der Waals surface area contributed by atoms with Crippen molar-refractivity contribution in [2.24, 2.45) is 0 Å². The summed E-state index contributed by atoms with van der Waals surface area (Å²) in [6, 6.07) is 12.4. The van der Waals surface area contributed by atoms with Crippen molar-refractivity contribution < 1.29 is 23.5 Å². The number of benzene rings is 2. The molecule has 0 aliphatic rings. The van der Waals surface area contributed by atoms with Crippen molar-refractivity contribution >= 4 is 11.8 Å². The lowest BCUT2D eigenvalue weighted by molar-refractivity contribution is -0.143. The second-order valence-electron chi connectivity index (χ2n) is 7.18. The molecule has 0 bridgehead atoms. The van der Waals surface area contributed by atoms with E-state index < -0.39 is 17.8 Å². The molecule has 1 atom stereocenters. The first kappa shape index (κ1) is 23.2. The maximum absolute atomic E-state index is 13.8. The Morgan fingerprint density at radius 3 is 2.33 bits per heavy atom. The van der Waals surface area contributed by atoms with Crippen molar-refractivity contribution in [3.05, 3.63) is 59.9 Å². The number of halogens is 1. The average Bonchev–Trinajstić information content (AvgIpc) is 2.72. The van der Waals surface area contributed by atoms with Crippen LogP contribution in [0.2, 0.25) is 0 Å². The summed E-state index contributed by atoms with van der Waals surface area (Å²) in [5, 5.41) is 2.86. The quantitative estimate of drug-likeness (QED) is 0.643. The molecule has 1 N–H and O–H groups in total. The summed E-state index contributed by atoms with van der Waals surface area (Å²) in [4.78, 5) is 27.2. The number of carbonyl (C=O) groups is 2. The molecule has 0 fully saturated rings. The fourth-order valence-electron chi connectivity index (χ4n) is 3.01. The minimum absolute atomic E-state index is 0.00470. The minimum Gasteiger partial charge on any atom is -0.497 e. The maximum atomic E-state index is 13.8. The van der Waals surface area contributed by atoms with E-state index in [1.54, 1.807) is 31.4 Å². The Labute approximate surface area is 177 Å². The molecule has 2 aromatic carbocycles. The highest BCUT2D eigenvalue weighted by atomic mass is 19.1. The average molecular weight is 416 g/mol. The predicted molar refractivity (Wildman–Crippen MR) is 113 cm³/mol. The molecule has 2 rings (SSSR count). The molecule has 0 radical (unpaired) electrons. The van der Waals surface area contributed by atoms with Gasteiger partial charge < -0.3 is 19.7 Å². The lowest BCUT2D eigenvalue weighted by atomic mass is 10.1. The van der Waals surface area contributed by atoms with Gasteiger partial charge in [0.15, 0.2) is 18.2 Å². The second kappa shape index (κ2) is 11.2. The summed E-state index contributed by atoms with van der Waals surface area (Å²) in [6.07, 6.45) is 0.431. The Balaban J connectivity index is 2.22. The zero-order valence-electron chi connectivity index (χ0n) is 17.9. The number of amides is 2. The number of hydrogen-bond acceptors (Lipinski definition) is 4. The molecule has 30 heavy (non-hydrogen) atoms. The van der Waals surface area contributed by atoms with E-state index in [2.05, 4.69) is 5.32 Å². The van der Waals surface area contributed by atoms with Crippen LogP contribution in [0.25, 0.3) is 0 Å². The third-order valence-electron chi connectivity index (χ3n) is 4.52. The Bertz CT molecular complexity index is 839. The van der Waals surface area contributed by atoms with Gasteiger partial charge >= 0.3 is 0 Å². The van der Waals surface area contributed by atoms with Gasteiger partial charge in [-0.2, -0.15) is 0 Å². The zero-order valence-corrected chi connectivity index (χ0v) is 17.9. The van der Waals surface area contributed by atoms with Crippen molar-refractivity contribution in [1.82, 2.24) is 10.2 Å². The SMILES string of the molecule is CC[C@@H](C(=O)NC(C)C)N(Cc1ccc(OC)cc1)C(=O)COc1ccccc1F. The topological polar surface area (TPSA) is 67.9 Å². The van der Waals surface area contributed by atoms with Gasteiger partial charge in [0.05, 0.1) is 7.11 Å². The molecule has 7 heteroatoms. The normalized spacial score (nSPS) is 11.7. The van der Waals surface area contributed by atoms with Crippen LogP contribution < -0.4 is 14.8 Å². The van der Waals surface area contributed by atoms with Crippen LogP contribution in [-0.4, -0.2) is 42.5 Å². The van der Waals surface area contributed by atoms with Gasteiger partial charge in [-0.15, -0.1) is 0 Å². The van der Waals surface area contributed by atoms with Crippen LogP contribution in [0.3, 0.4) is 0 Å². The Morgan fingerprint density at radius 2 is 1.77 bits per heavy atom. The first-order valence-corrected chi connectivity index (χ1v) is 9.95. The number of nitrogens with zero attached hydrogens (tertiary/aromatic N) is 1. The van der Waals surface area contributed by atoms with Crippen LogP contribution in [0.5, 0.6) is 11.5 Å². The van der Waals surface area contributed by atoms with Crippen molar-refractivity contribution in [2.75, 3.05) is 13.7 Å². The third kappa shape index (κ3) is 6.47. The predicted octanol–water partition coefficient (Wildman–Crippen LogP) is 3.55. The maximum Gasteiger partial charge on any atom is 0.261 e. The highest BCUT2D eigenvalue weighted by Gasteiger charge is 2.29. The van der Waals surface area contributed by atoms with Gasteiger partial charge in [-0.1, -0.05) is 31.2 Å². The molecule has 0 aromatic heterocycles. The number of methoxy groups -OCH3 is 1. The van der Waals surface area contributed by atoms with Crippen LogP contribution in [0, 0.1) is 5.82 Å². The van der Waals surface area contributed by atoms with Gasteiger partial charge in [0.2, 0.25) is 5.91 Å². The van der Waals surface area contributed by atoms with E-state index in [9.17, 15) is 14.0 Å². The van der Waals surface area contributed by atoms with E-state index >= 15 is 0 Å². The fraction of sp³-hybridized carbons (Fsp3) is 0.391. The van der Waals surface area contributed by atoms with E-state index in [0.717, 1.165) is 5.56 Å². The Kier molecular flexibility index (Phi) is 8.65. The Morgan fingerprint density at radius 1 is 1.10 bits per heavy atom. The molecular formula is C23H29FN2O4. The smallest absolute Gasteiger partial charge is 0.261 e. The van der Waals surface area contributed by atoms with Crippen LogP contribution in [0.4, 0.5) is 4.39 Å². The van der Waals surface area contributed by atoms with E-state index in [-0.39, 0.29) is 30.9 Å². The second-order valence-corrected chi connectivity index (χ2v) is 7.18. The molecule has 0 unspecified atom stereocenters. The number of ether oxygens (including phenoxy) is 2. The van der Waals surface area contributed by atoms with Crippen molar-refractivity contribution in [3.63, 3.8) is 0 Å². The van der Waals surface area contributed by atoms with E-state index in [0.29, 0.717) is 12.2 Å². The summed E-state index contributed by atoms with van der Waals surface area (Å²) >= 11 is 0. The lowest BCUT2D eigenvalue weighted by Crippen LogP contribution is -2.51. The summed E-state index contributed by atoms with van der Waals surface area (Å²) in [5.74, 6) is -0.490. The van der Waals surface area contributed by atoms with Gasteiger partial charge in [-0.05, 0) is 50.1 Å². The van der Waals surface area contributed by atoms with E-state index in [1.807, 2.05) is 32.9 Å². The molecular weight excluding hydrogens is 387 g/mol. The minimum atomic E-state index is -0.675. The van der Waals surface area contributed by atoms with Crippen molar-refractivity contribution in [3.8, 4) is 11.5 Å². The third-order valence-corrected chi connectivity index (χ3v) is 4.52. The van der Waals surface area contributed by atoms with Gasteiger partial charge in [-0.25, -0.2) is 4.39 Å². The molecule has 0 aliphatic heterocycles. The summed E-state index contributed by atoms with van der Waals surface area (Å²) < 4.78 is 24.4. The number of nitrogens with one attached hydrogen (secondary N) is 1. The van der Waals surface area contributed by atoms with Crippen LogP contribution in [0.15, 0.2) is 48.5 Å². The molecule has 0 aliphatic carbocycles. The highest BCUT2D eigenvalue weighted by molar-refractivity contribution is 5.88. The molecule has 6 nitrogen and oxygen atoms in total. The molecule has 0 saturated carbocycles. The first-order chi connectivity index (χ1) is 14.3. The zero-order chi connectivity index (χ0) is 22.1. The number of para-hydroxylation sites is 1.